The Morgan fingerprint density at radius 2 is 1.70 bits per heavy atom. The van der Waals surface area contributed by atoms with Gasteiger partial charge >= 0.3 is 0 Å². The molecule has 0 aliphatic rings. The first-order valence-electron chi connectivity index (χ1n) is 8.37. The maximum atomic E-state index is 13.3. The van der Waals surface area contributed by atoms with Gasteiger partial charge < -0.3 is 5.11 Å². The largest absolute Gasteiger partial charge is 0.508 e. The van der Waals surface area contributed by atoms with Crippen LogP contribution in [0.5, 0.6) is 5.75 Å². The lowest BCUT2D eigenvalue weighted by Gasteiger charge is -2.11. The number of halogens is 1. The van der Waals surface area contributed by atoms with E-state index in [4.69, 9.17) is 0 Å². The summed E-state index contributed by atoms with van der Waals surface area (Å²) in [5.41, 5.74) is 1.64. The van der Waals surface area contributed by atoms with Crippen molar-refractivity contribution in [2.24, 2.45) is 0 Å². The molecule has 0 atom stereocenters. The monoisotopic (exact) mass is 358 g/mol. The zero-order valence-electron chi connectivity index (χ0n) is 14.2. The molecule has 27 heavy (non-hydrogen) atoms. The number of benzene rings is 3. The third-order valence-corrected chi connectivity index (χ3v) is 4.18. The Bertz CT molecular complexity index is 1210. The van der Waals surface area contributed by atoms with Gasteiger partial charge in [-0.3, -0.25) is 9.36 Å². The van der Waals surface area contributed by atoms with Crippen molar-refractivity contribution in [3.63, 3.8) is 0 Å². The Balaban J connectivity index is 1.93. The molecule has 0 aliphatic heterocycles. The van der Waals surface area contributed by atoms with E-state index in [0.717, 1.165) is 5.56 Å². The van der Waals surface area contributed by atoms with Crippen molar-refractivity contribution in [2.75, 3.05) is 0 Å². The molecule has 1 aromatic heterocycles. The van der Waals surface area contributed by atoms with Crippen molar-refractivity contribution in [1.82, 2.24) is 9.55 Å². The molecule has 4 rings (SSSR count). The summed E-state index contributed by atoms with van der Waals surface area (Å²) in [6, 6.07) is 19.5. The van der Waals surface area contributed by atoms with Crippen molar-refractivity contribution in [3.05, 3.63) is 100 Å². The van der Waals surface area contributed by atoms with Crippen molar-refractivity contribution in [3.8, 4) is 11.4 Å². The predicted molar refractivity (Wildman–Crippen MR) is 104 cm³/mol. The Kier molecular flexibility index (Phi) is 4.26. The molecule has 0 fully saturated rings. The average Bonchev–Trinajstić information content (AvgIpc) is 2.68. The molecule has 0 saturated carbocycles. The fraction of sp³-hybridized carbons (Fsp3) is 0. The van der Waals surface area contributed by atoms with Gasteiger partial charge in [0.1, 0.15) is 17.4 Å². The molecule has 4 nitrogen and oxygen atoms in total. The van der Waals surface area contributed by atoms with Crippen LogP contribution < -0.4 is 5.56 Å². The lowest BCUT2D eigenvalue weighted by atomic mass is 10.2. The lowest BCUT2D eigenvalue weighted by molar-refractivity contribution is 0.475. The molecule has 4 aromatic rings. The van der Waals surface area contributed by atoms with Gasteiger partial charge in [-0.1, -0.05) is 30.3 Å². The van der Waals surface area contributed by atoms with Gasteiger partial charge in [-0.05, 0) is 60.2 Å². The van der Waals surface area contributed by atoms with Crippen LogP contribution >= 0.6 is 0 Å². The van der Waals surface area contributed by atoms with E-state index in [-0.39, 0.29) is 17.1 Å². The summed E-state index contributed by atoms with van der Waals surface area (Å²) in [6.45, 7) is 0. The fourth-order valence-corrected chi connectivity index (χ4v) is 2.90. The first-order chi connectivity index (χ1) is 13.1. The molecule has 0 spiro atoms. The smallest absolute Gasteiger partial charge is 0.266 e. The highest BCUT2D eigenvalue weighted by Crippen LogP contribution is 2.17. The summed E-state index contributed by atoms with van der Waals surface area (Å²) in [5.74, 6) is 0.186. The van der Waals surface area contributed by atoms with E-state index in [1.165, 1.54) is 16.7 Å². The van der Waals surface area contributed by atoms with Crippen LogP contribution in [0.2, 0.25) is 0 Å². The Morgan fingerprint density at radius 1 is 0.926 bits per heavy atom. The van der Waals surface area contributed by atoms with Gasteiger partial charge in [0.05, 0.1) is 16.6 Å². The van der Waals surface area contributed by atoms with Gasteiger partial charge in [-0.2, -0.15) is 0 Å². The quantitative estimate of drug-likeness (QED) is 0.590. The molecule has 1 heterocycles. The number of phenols is 1. The van der Waals surface area contributed by atoms with Crippen LogP contribution in [0.1, 0.15) is 11.4 Å². The van der Waals surface area contributed by atoms with E-state index in [2.05, 4.69) is 4.98 Å². The first kappa shape index (κ1) is 16.7. The third kappa shape index (κ3) is 3.35. The van der Waals surface area contributed by atoms with Gasteiger partial charge in [-0.15, -0.1) is 0 Å². The molecule has 5 heteroatoms. The van der Waals surface area contributed by atoms with Crippen molar-refractivity contribution < 1.29 is 9.50 Å². The number of aromatic hydroxyl groups is 1. The number of phenolic OH excluding ortho intramolecular Hbond substituents is 1. The number of hydrogen-bond acceptors (Lipinski definition) is 3. The Morgan fingerprint density at radius 3 is 2.48 bits per heavy atom. The molecule has 0 radical (unpaired) electrons. The molecule has 1 N–H and O–H groups in total. The summed E-state index contributed by atoms with van der Waals surface area (Å²) < 4.78 is 14.8. The highest BCUT2D eigenvalue weighted by atomic mass is 19.1. The van der Waals surface area contributed by atoms with Crippen molar-refractivity contribution >= 4 is 23.1 Å². The second kappa shape index (κ2) is 6.88. The first-order valence-corrected chi connectivity index (χ1v) is 8.37. The number of hydrogen-bond donors (Lipinski definition) is 1. The van der Waals surface area contributed by atoms with Crippen LogP contribution in [0.4, 0.5) is 4.39 Å². The molecule has 132 valence electrons. The Labute approximate surface area is 154 Å². The highest BCUT2D eigenvalue weighted by Gasteiger charge is 2.11. The molecule has 0 aliphatic carbocycles. The van der Waals surface area contributed by atoms with Gasteiger partial charge in [0, 0.05) is 0 Å². The van der Waals surface area contributed by atoms with Crippen LogP contribution in [0.25, 0.3) is 28.7 Å². The second-order valence-electron chi connectivity index (χ2n) is 6.03. The van der Waals surface area contributed by atoms with E-state index in [9.17, 15) is 14.3 Å². The summed E-state index contributed by atoms with van der Waals surface area (Å²) in [5, 5.41) is 10.1. The minimum atomic E-state index is -0.377. The number of aromatic nitrogens is 2. The molecule has 0 amide bonds. The van der Waals surface area contributed by atoms with Gasteiger partial charge in [0.15, 0.2) is 0 Å². The molecular weight excluding hydrogens is 343 g/mol. The molecule has 3 aromatic carbocycles. The number of fused-ring (bicyclic) bond motifs is 1. The molecule has 0 bridgehead atoms. The molecular formula is C22H15FN2O2. The molecule has 0 saturated heterocycles. The summed E-state index contributed by atoms with van der Waals surface area (Å²) in [7, 11) is 0. The maximum Gasteiger partial charge on any atom is 0.266 e. The predicted octanol–water partition coefficient (Wildman–Crippen LogP) is 4.40. The number of rotatable bonds is 3. The second-order valence-corrected chi connectivity index (χ2v) is 6.03. The zero-order chi connectivity index (χ0) is 18.8. The average molecular weight is 358 g/mol. The van der Waals surface area contributed by atoms with Crippen LogP contribution in [-0.4, -0.2) is 14.7 Å². The summed E-state index contributed by atoms with van der Waals surface area (Å²) in [4.78, 5) is 17.6. The van der Waals surface area contributed by atoms with Crippen LogP contribution in [-0.2, 0) is 0 Å². The van der Waals surface area contributed by atoms with Crippen LogP contribution in [0.3, 0.4) is 0 Å². The van der Waals surface area contributed by atoms with E-state index < -0.39 is 0 Å². The van der Waals surface area contributed by atoms with Crippen LogP contribution in [0, 0.1) is 5.82 Å². The summed E-state index contributed by atoms with van der Waals surface area (Å²) in [6.07, 6.45) is 3.46. The van der Waals surface area contributed by atoms with Crippen LogP contribution in [0.15, 0.2) is 77.6 Å². The van der Waals surface area contributed by atoms with Gasteiger partial charge in [-0.25, -0.2) is 9.37 Å². The van der Waals surface area contributed by atoms with E-state index in [1.54, 1.807) is 60.7 Å². The third-order valence-electron chi connectivity index (χ3n) is 4.18. The maximum absolute atomic E-state index is 13.3. The lowest BCUT2D eigenvalue weighted by Crippen LogP contribution is -2.22. The van der Waals surface area contributed by atoms with E-state index in [0.29, 0.717) is 22.4 Å². The van der Waals surface area contributed by atoms with Gasteiger partial charge in [0.25, 0.3) is 5.56 Å². The fourth-order valence-electron chi connectivity index (χ4n) is 2.90. The summed E-state index contributed by atoms with van der Waals surface area (Å²) >= 11 is 0. The highest BCUT2D eigenvalue weighted by molar-refractivity contribution is 5.80. The van der Waals surface area contributed by atoms with E-state index in [1.807, 2.05) is 12.1 Å². The minimum Gasteiger partial charge on any atom is -0.508 e. The van der Waals surface area contributed by atoms with Crippen molar-refractivity contribution in [1.29, 1.82) is 0 Å². The Hall–Kier alpha value is -3.73. The SMILES string of the molecule is O=c1c2ccccc2nc(C=Cc2cccc(O)c2)n1-c1ccc(F)cc1. The number of para-hydroxylation sites is 1. The van der Waals surface area contributed by atoms with Crippen molar-refractivity contribution in [2.45, 2.75) is 0 Å². The topological polar surface area (TPSA) is 55.1 Å². The standard InChI is InChI=1S/C22H15FN2O2/c23-16-9-11-17(12-10-16)25-21(13-8-15-4-3-5-18(26)14-15)24-20-7-2-1-6-19(20)22(25)27/h1-14,26H. The zero-order valence-corrected chi connectivity index (χ0v) is 14.2. The normalized spacial score (nSPS) is 11.3. The minimum absolute atomic E-state index is 0.152. The van der Waals surface area contributed by atoms with E-state index >= 15 is 0 Å². The number of nitrogens with zero attached hydrogens (tertiary/aromatic N) is 2. The van der Waals surface area contributed by atoms with Gasteiger partial charge in [0.2, 0.25) is 0 Å². The molecule has 0 unspecified atom stereocenters.